The van der Waals surface area contributed by atoms with Gasteiger partial charge in [-0.2, -0.15) is 13.2 Å². The molecule has 1 unspecified atom stereocenters. The summed E-state index contributed by atoms with van der Waals surface area (Å²) in [4.78, 5) is 13.8. The van der Waals surface area contributed by atoms with Crippen LogP contribution in [0.4, 0.5) is 13.2 Å². The lowest BCUT2D eigenvalue weighted by Crippen LogP contribution is -2.58. The Kier molecular flexibility index (Phi) is 4.76. The first kappa shape index (κ1) is 14.2. The van der Waals surface area contributed by atoms with E-state index < -0.39 is 12.1 Å². The fourth-order valence-electron chi connectivity index (χ4n) is 1.87. The van der Waals surface area contributed by atoms with Gasteiger partial charge in [-0.25, -0.2) is 0 Å². The molecule has 17 heavy (non-hydrogen) atoms. The number of hydrogen-bond donors (Lipinski definition) is 1. The number of alkyl halides is 3. The van der Waals surface area contributed by atoms with E-state index >= 15 is 0 Å². The molecule has 7 heteroatoms. The highest BCUT2D eigenvalue weighted by Crippen LogP contribution is 2.26. The third-order valence-electron chi connectivity index (χ3n) is 2.91. The molecule has 0 aromatic heterocycles. The molecule has 1 aliphatic heterocycles. The van der Waals surface area contributed by atoms with Gasteiger partial charge in [-0.1, -0.05) is 0 Å². The van der Waals surface area contributed by atoms with Crippen LogP contribution >= 0.6 is 0 Å². The first-order chi connectivity index (χ1) is 7.86. The molecule has 1 atom stereocenters. The molecular formula is C10H18F3N3O. The first-order valence-electron chi connectivity index (χ1n) is 5.62. The minimum atomic E-state index is -4.76. The number of nitrogens with zero attached hydrogens (tertiary/aromatic N) is 2. The predicted octanol–water partition coefficient (Wildman–Crippen LogP) is 0.430. The summed E-state index contributed by atoms with van der Waals surface area (Å²) in [7, 11) is 1.82. The lowest BCUT2D eigenvalue weighted by Gasteiger charge is -2.43. The van der Waals surface area contributed by atoms with Crippen LogP contribution in [0.1, 0.15) is 12.8 Å². The van der Waals surface area contributed by atoms with Crippen LogP contribution in [0.3, 0.4) is 0 Å². The van der Waals surface area contributed by atoms with Gasteiger partial charge < -0.3 is 15.5 Å². The molecule has 0 spiro atoms. The number of carbonyl (C=O) groups is 1. The number of likely N-dealkylation sites (N-methyl/N-ethyl adjacent to an activating group) is 1. The second-order valence-corrected chi connectivity index (χ2v) is 4.34. The number of halogens is 3. The molecule has 0 bridgehead atoms. The summed E-state index contributed by atoms with van der Waals surface area (Å²) in [6, 6.07) is -0.313. The van der Waals surface area contributed by atoms with Crippen LogP contribution in [0.15, 0.2) is 0 Å². The van der Waals surface area contributed by atoms with E-state index in [1.165, 1.54) is 0 Å². The number of hydrogen-bond acceptors (Lipinski definition) is 3. The number of amides is 1. The molecule has 0 saturated carbocycles. The summed E-state index contributed by atoms with van der Waals surface area (Å²) in [5.41, 5.74) is 5.35. The number of likely N-dealkylation sites (tertiary alicyclic amines) is 1. The lowest BCUT2D eigenvalue weighted by molar-refractivity contribution is -0.193. The first-order valence-corrected chi connectivity index (χ1v) is 5.62. The molecule has 1 saturated heterocycles. The van der Waals surface area contributed by atoms with Crippen LogP contribution in [-0.4, -0.2) is 61.2 Å². The Morgan fingerprint density at radius 3 is 2.59 bits per heavy atom. The molecule has 1 amide bonds. The minimum absolute atomic E-state index is 0.202. The molecule has 1 heterocycles. The Morgan fingerprint density at radius 2 is 2.18 bits per heavy atom. The summed E-state index contributed by atoms with van der Waals surface area (Å²) in [5.74, 6) is -1.72. The maximum Gasteiger partial charge on any atom is 0.471 e. The van der Waals surface area contributed by atoms with Crippen molar-refractivity contribution >= 4 is 5.91 Å². The van der Waals surface area contributed by atoms with E-state index in [9.17, 15) is 18.0 Å². The predicted molar refractivity (Wildman–Crippen MR) is 57.3 cm³/mol. The highest BCUT2D eigenvalue weighted by Gasteiger charge is 2.47. The van der Waals surface area contributed by atoms with Crippen molar-refractivity contribution in [2.24, 2.45) is 5.73 Å². The number of carbonyl (C=O) groups excluding carboxylic acids is 1. The maximum absolute atomic E-state index is 12.2. The number of nitrogens with two attached hydrogens (primary N) is 1. The third kappa shape index (κ3) is 3.85. The second-order valence-electron chi connectivity index (χ2n) is 4.34. The SMILES string of the molecule is CN(CCCN)CC1CCN1C(=O)C(F)(F)F. The van der Waals surface area contributed by atoms with Gasteiger partial charge >= 0.3 is 12.1 Å². The highest BCUT2D eigenvalue weighted by atomic mass is 19.4. The van der Waals surface area contributed by atoms with Gasteiger partial charge in [0.15, 0.2) is 0 Å². The topological polar surface area (TPSA) is 49.6 Å². The van der Waals surface area contributed by atoms with Gasteiger partial charge in [-0.05, 0) is 33.0 Å². The van der Waals surface area contributed by atoms with E-state index in [1.807, 2.05) is 11.9 Å². The summed E-state index contributed by atoms with van der Waals surface area (Å²) in [6.07, 6.45) is -3.32. The van der Waals surface area contributed by atoms with Crippen LogP contribution in [0, 0.1) is 0 Å². The van der Waals surface area contributed by atoms with Crippen molar-refractivity contribution in [1.29, 1.82) is 0 Å². The molecule has 100 valence electrons. The monoisotopic (exact) mass is 253 g/mol. The van der Waals surface area contributed by atoms with Crippen molar-refractivity contribution in [3.63, 3.8) is 0 Å². The molecule has 2 N–H and O–H groups in total. The van der Waals surface area contributed by atoms with Gasteiger partial charge in [-0.15, -0.1) is 0 Å². The van der Waals surface area contributed by atoms with Crippen LogP contribution < -0.4 is 5.73 Å². The largest absolute Gasteiger partial charge is 0.471 e. The van der Waals surface area contributed by atoms with Crippen LogP contribution in [0.2, 0.25) is 0 Å². The zero-order chi connectivity index (χ0) is 13.1. The zero-order valence-electron chi connectivity index (χ0n) is 9.83. The molecule has 1 rings (SSSR count). The minimum Gasteiger partial charge on any atom is -0.330 e. The fraction of sp³-hybridized carbons (Fsp3) is 0.900. The summed E-state index contributed by atoms with van der Waals surface area (Å²) < 4.78 is 36.6. The Morgan fingerprint density at radius 1 is 1.53 bits per heavy atom. The van der Waals surface area contributed by atoms with E-state index in [-0.39, 0.29) is 12.6 Å². The smallest absolute Gasteiger partial charge is 0.330 e. The van der Waals surface area contributed by atoms with Gasteiger partial charge in [0.2, 0.25) is 0 Å². The molecule has 0 aliphatic carbocycles. The quantitative estimate of drug-likeness (QED) is 0.773. The van der Waals surface area contributed by atoms with Crippen molar-refractivity contribution < 1.29 is 18.0 Å². The molecule has 0 aromatic rings. The van der Waals surface area contributed by atoms with E-state index in [0.29, 0.717) is 19.5 Å². The number of rotatable bonds is 5. The van der Waals surface area contributed by atoms with E-state index in [4.69, 9.17) is 5.73 Å². The van der Waals surface area contributed by atoms with Gasteiger partial charge in [0.1, 0.15) is 0 Å². The Labute approximate surface area is 98.5 Å². The van der Waals surface area contributed by atoms with Crippen LogP contribution in [0.25, 0.3) is 0 Å². The average Bonchev–Trinajstić information content (AvgIpc) is 2.20. The Hall–Kier alpha value is -0.820. The fourth-order valence-corrected chi connectivity index (χ4v) is 1.87. The van der Waals surface area contributed by atoms with Crippen molar-refractivity contribution in [2.45, 2.75) is 25.1 Å². The third-order valence-corrected chi connectivity index (χ3v) is 2.91. The molecule has 0 radical (unpaired) electrons. The molecule has 4 nitrogen and oxygen atoms in total. The van der Waals surface area contributed by atoms with Gasteiger partial charge in [0.25, 0.3) is 0 Å². The Balaban J connectivity index is 2.39. The Bertz CT molecular complexity index is 270. The van der Waals surface area contributed by atoms with Crippen molar-refractivity contribution in [3.8, 4) is 0 Å². The molecular weight excluding hydrogens is 235 g/mol. The van der Waals surface area contributed by atoms with E-state index in [2.05, 4.69) is 0 Å². The second kappa shape index (κ2) is 5.68. The molecule has 0 aromatic carbocycles. The summed E-state index contributed by atoms with van der Waals surface area (Å²) >= 11 is 0. The van der Waals surface area contributed by atoms with Gasteiger partial charge in [0.05, 0.1) is 0 Å². The van der Waals surface area contributed by atoms with E-state index in [0.717, 1.165) is 17.9 Å². The maximum atomic E-state index is 12.2. The van der Waals surface area contributed by atoms with Gasteiger partial charge in [0, 0.05) is 19.1 Å². The van der Waals surface area contributed by atoms with Crippen molar-refractivity contribution in [1.82, 2.24) is 9.80 Å². The normalized spacial score (nSPS) is 20.6. The summed E-state index contributed by atoms with van der Waals surface area (Å²) in [6.45, 7) is 1.97. The van der Waals surface area contributed by atoms with Crippen LogP contribution in [0.5, 0.6) is 0 Å². The van der Waals surface area contributed by atoms with E-state index in [1.54, 1.807) is 0 Å². The van der Waals surface area contributed by atoms with Crippen molar-refractivity contribution in [3.05, 3.63) is 0 Å². The average molecular weight is 253 g/mol. The van der Waals surface area contributed by atoms with Crippen molar-refractivity contribution in [2.75, 3.05) is 33.2 Å². The molecule has 1 fully saturated rings. The standard InChI is InChI=1S/C10H18F3N3O/c1-15(5-2-4-14)7-8-3-6-16(8)9(17)10(11,12)13/h8H,2-7,14H2,1H3. The summed E-state index contributed by atoms with van der Waals surface area (Å²) in [5, 5.41) is 0. The zero-order valence-corrected chi connectivity index (χ0v) is 9.83. The molecule has 1 aliphatic rings. The van der Waals surface area contributed by atoms with Gasteiger partial charge in [-0.3, -0.25) is 4.79 Å². The van der Waals surface area contributed by atoms with Crippen LogP contribution in [-0.2, 0) is 4.79 Å². The lowest BCUT2D eigenvalue weighted by atomic mass is 10.0. The highest BCUT2D eigenvalue weighted by molar-refractivity contribution is 5.82.